The summed E-state index contributed by atoms with van der Waals surface area (Å²) in [5.41, 5.74) is 5.74. The summed E-state index contributed by atoms with van der Waals surface area (Å²) in [5.74, 6) is 0.366. The third-order valence-electron chi connectivity index (χ3n) is 5.32. The molecule has 1 aliphatic rings. The van der Waals surface area contributed by atoms with Gasteiger partial charge in [0.1, 0.15) is 18.2 Å². The monoisotopic (exact) mass is 514 g/mol. The van der Waals surface area contributed by atoms with Gasteiger partial charge in [0.15, 0.2) is 6.29 Å². The Labute approximate surface area is 210 Å². The van der Waals surface area contributed by atoms with Crippen LogP contribution in [-0.4, -0.2) is 45.1 Å². The highest BCUT2D eigenvalue weighted by atomic mass is 35.5. The van der Waals surface area contributed by atoms with Crippen LogP contribution in [0, 0.1) is 11.2 Å². The van der Waals surface area contributed by atoms with E-state index in [2.05, 4.69) is 24.9 Å². The van der Waals surface area contributed by atoms with Gasteiger partial charge >= 0.3 is 0 Å². The second-order valence-electron chi connectivity index (χ2n) is 8.60. The molecule has 0 heterocycles. The SMILES string of the molecule is CNC1(C)CC(C)(COCCc2cccc(F)c2)C1.NC=O.O=CCOc1ccc(Cl)c(Cl)c1. The Bertz CT molecular complexity index is 908. The first-order valence-electron chi connectivity index (χ1n) is 10.8. The Kier molecular flexibility index (Phi) is 13.1. The smallest absolute Gasteiger partial charge is 0.204 e. The number of halogens is 3. The molecule has 0 spiro atoms. The molecule has 0 saturated heterocycles. The van der Waals surface area contributed by atoms with Gasteiger partial charge in [-0.1, -0.05) is 42.3 Å². The zero-order chi connectivity index (χ0) is 25.6. The van der Waals surface area contributed by atoms with Crippen LogP contribution in [0.4, 0.5) is 4.39 Å². The summed E-state index contributed by atoms with van der Waals surface area (Å²) in [5, 5.41) is 4.24. The third kappa shape index (κ3) is 10.8. The lowest BCUT2D eigenvalue weighted by Gasteiger charge is -2.53. The first-order chi connectivity index (χ1) is 16.1. The van der Waals surface area contributed by atoms with Gasteiger partial charge in [0.25, 0.3) is 0 Å². The molecule has 34 heavy (non-hydrogen) atoms. The fraction of sp³-hybridized carbons (Fsp3) is 0.440. The molecule has 1 amide bonds. The molecule has 6 nitrogen and oxygen atoms in total. The van der Waals surface area contributed by atoms with Crippen molar-refractivity contribution in [3.05, 3.63) is 63.9 Å². The Hall–Kier alpha value is -2.19. The Morgan fingerprint density at radius 1 is 1.12 bits per heavy atom. The molecule has 0 aromatic heterocycles. The topological polar surface area (TPSA) is 90.6 Å². The number of amides is 1. The molecule has 3 N–H and O–H groups in total. The summed E-state index contributed by atoms with van der Waals surface area (Å²) in [4.78, 5) is 18.5. The van der Waals surface area contributed by atoms with Crippen LogP contribution in [0.2, 0.25) is 10.0 Å². The van der Waals surface area contributed by atoms with Crippen molar-refractivity contribution in [3.8, 4) is 5.75 Å². The zero-order valence-electron chi connectivity index (χ0n) is 19.8. The second kappa shape index (κ2) is 14.9. The second-order valence-corrected chi connectivity index (χ2v) is 9.41. The lowest BCUT2D eigenvalue weighted by Crippen LogP contribution is -2.57. The van der Waals surface area contributed by atoms with E-state index >= 15 is 0 Å². The minimum atomic E-state index is -0.173. The molecule has 3 rings (SSSR count). The fourth-order valence-corrected chi connectivity index (χ4v) is 4.30. The number of hydrogen-bond donors (Lipinski definition) is 2. The number of hydrogen-bond acceptors (Lipinski definition) is 5. The molecule has 1 aliphatic carbocycles. The van der Waals surface area contributed by atoms with E-state index in [1.54, 1.807) is 30.3 Å². The van der Waals surface area contributed by atoms with Gasteiger partial charge in [0.2, 0.25) is 6.41 Å². The first kappa shape index (κ1) is 29.8. The molecular weight excluding hydrogens is 482 g/mol. The summed E-state index contributed by atoms with van der Waals surface area (Å²) < 4.78 is 23.8. The van der Waals surface area contributed by atoms with E-state index in [-0.39, 0.29) is 24.4 Å². The van der Waals surface area contributed by atoms with Crippen LogP contribution in [-0.2, 0) is 20.7 Å². The highest BCUT2D eigenvalue weighted by molar-refractivity contribution is 6.42. The minimum Gasteiger partial charge on any atom is -0.486 e. The molecule has 0 unspecified atom stereocenters. The van der Waals surface area contributed by atoms with Gasteiger partial charge in [-0.15, -0.1) is 0 Å². The normalized spacial score (nSPS) is 20.5. The maximum absolute atomic E-state index is 13.0. The Morgan fingerprint density at radius 3 is 2.35 bits per heavy atom. The molecule has 9 heteroatoms. The number of carbonyl (C=O) groups excluding carboxylic acids is 2. The summed E-state index contributed by atoms with van der Waals surface area (Å²) >= 11 is 11.4. The van der Waals surface area contributed by atoms with Crippen LogP contribution in [0.3, 0.4) is 0 Å². The van der Waals surface area contributed by atoms with Crippen LogP contribution in [0.25, 0.3) is 0 Å². The maximum atomic E-state index is 13.0. The van der Waals surface area contributed by atoms with Gasteiger partial charge in [-0.25, -0.2) is 4.39 Å². The zero-order valence-corrected chi connectivity index (χ0v) is 21.3. The quantitative estimate of drug-likeness (QED) is 0.369. The summed E-state index contributed by atoms with van der Waals surface area (Å²) in [6.45, 7) is 6.00. The van der Waals surface area contributed by atoms with Crippen molar-refractivity contribution in [3.63, 3.8) is 0 Å². The Morgan fingerprint density at radius 2 is 1.79 bits per heavy atom. The van der Waals surface area contributed by atoms with Gasteiger partial charge < -0.3 is 20.5 Å². The summed E-state index contributed by atoms with van der Waals surface area (Å²) in [6.07, 6.45) is 3.99. The van der Waals surface area contributed by atoms with Crippen LogP contribution < -0.4 is 15.8 Å². The number of aldehydes is 1. The Balaban J connectivity index is 0.000000330. The van der Waals surface area contributed by atoms with Gasteiger partial charge in [-0.3, -0.25) is 9.59 Å². The lowest BCUT2D eigenvalue weighted by molar-refractivity contribution is -0.109. The van der Waals surface area contributed by atoms with Crippen LogP contribution in [0.1, 0.15) is 32.3 Å². The number of carbonyl (C=O) groups is 2. The van der Waals surface area contributed by atoms with Gasteiger partial charge in [-0.2, -0.15) is 0 Å². The average Bonchev–Trinajstić information content (AvgIpc) is 2.78. The largest absolute Gasteiger partial charge is 0.486 e. The van der Waals surface area contributed by atoms with E-state index in [9.17, 15) is 9.18 Å². The van der Waals surface area contributed by atoms with Gasteiger partial charge in [0.05, 0.1) is 23.3 Å². The molecule has 188 valence electrons. The summed E-state index contributed by atoms with van der Waals surface area (Å²) in [6, 6.07) is 11.6. The van der Waals surface area contributed by atoms with Crippen molar-refractivity contribution in [2.45, 2.75) is 38.6 Å². The minimum absolute atomic E-state index is 0.0258. The van der Waals surface area contributed by atoms with Crippen molar-refractivity contribution in [1.29, 1.82) is 0 Å². The summed E-state index contributed by atoms with van der Waals surface area (Å²) in [7, 11) is 2.02. The molecule has 0 radical (unpaired) electrons. The third-order valence-corrected chi connectivity index (χ3v) is 6.06. The van der Waals surface area contributed by atoms with Crippen molar-refractivity contribution in [2.75, 3.05) is 26.9 Å². The van der Waals surface area contributed by atoms with E-state index in [1.165, 1.54) is 6.07 Å². The molecule has 0 bridgehead atoms. The van der Waals surface area contributed by atoms with Crippen LogP contribution >= 0.6 is 23.2 Å². The molecule has 0 aliphatic heterocycles. The average molecular weight is 515 g/mol. The van der Waals surface area contributed by atoms with E-state index < -0.39 is 0 Å². The highest BCUT2D eigenvalue weighted by Crippen LogP contribution is 2.47. The van der Waals surface area contributed by atoms with Crippen molar-refractivity contribution in [2.24, 2.45) is 11.1 Å². The van der Waals surface area contributed by atoms with Crippen molar-refractivity contribution in [1.82, 2.24) is 5.32 Å². The maximum Gasteiger partial charge on any atom is 0.204 e. The van der Waals surface area contributed by atoms with Gasteiger partial charge in [-0.05, 0) is 68.5 Å². The van der Waals surface area contributed by atoms with Crippen molar-refractivity contribution < 1.29 is 23.5 Å². The number of nitrogens with two attached hydrogens (primary N) is 1. The lowest BCUT2D eigenvalue weighted by atomic mass is 9.59. The number of primary amides is 1. The van der Waals surface area contributed by atoms with E-state index in [0.717, 1.165) is 31.4 Å². The van der Waals surface area contributed by atoms with E-state index in [0.29, 0.717) is 34.1 Å². The number of ether oxygens (including phenoxy) is 2. The predicted molar refractivity (Wildman–Crippen MR) is 134 cm³/mol. The molecule has 1 saturated carbocycles. The molecule has 2 aromatic rings. The predicted octanol–water partition coefficient (Wildman–Crippen LogP) is 4.84. The van der Waals surface area contributed by atoms with E-state index in [1.807, 2.05) is 13.1 Å². The number of benzene rings is 2. The number of nitrogens with one attached hydrogen (secondary N) is 1. The standard InChI is InChI=1S/C16H24FNO.C8H6Cl2O2.CH3NO/c1-15(10-16(2,11-15)18-3)12-19-8-7-13-5-4-6-14(17)9-13;9-7-2-1-6(5-8(7)10)12-4-3-11;2-1-3/h4-6,9,18H,7-8,10-12H2,1-3H3;1-3,5H,4H2;1H,(H2,2,3). The fourth-order valence-electron chi connectivity index (χ4n) is 4.01. The first-order valence-corrected chi connectivity index (χ1v) is 11.5. The van der Waals surface area contributed by atoms with Gasteiger partial charge in [0, 0.05) is 11.6 Å². The molecular formula is C25H33Cl2FN2O4. The highest BCUT2D eigenvalue weighted by Gasteiger charge is 2.47. The number of rotatable bonds is 9. The molecule has 2 aromatic carbocycles. The van der Waals surface area contributed by atoms with Crippen LogP contribution in [0.15, 0.2) is 42.5 Å². The van der Waals surface area contributed by atoms with Crippen molar-refractivity contribution >= 4 is 35.9 Å². The van der Waals surface area contributed by atoms with E-state index in [4.69, 9.17) is 37.5 Å². The van der Waals surface area contributed by atoms with Crippen LogP contribution in [0.5, 0.6) is 5.75 Å². The molecule has 0 atom stereocenters. The molecule has 1 fully saturated rings.